The van der Waals surface area contributed by atoms with Gasteiger partial charge in [-0.2, -0.15) is 0 Å². The predicted octanol–water partition coefficient (Wildman–Crippen LogP) is 2.52. The summed E-state index contributed by atoms with van der Waals surface area (Å²) >= 11 is 0. The molecule has 0 spiro atoms. The van der Waals surface area contributed by atoms with Gasteiger partial charge in [0.15, 0.2) is 14.1 Å². The third-order valence-electron chi connectivity index (χ3n) is 3.88. The van der Waals surface area contributed by atoms with Gasteiger partial charge in [0.05, 0.1) is 13.2 Å². The minimum Gasteiger partial charge on any atom is -0.414 e. The molecule has 2 atom stereocenters. The Bertz CT molecular complexity index is 283. The molecule has 4 nitrogen and oxygen atoms in total. The van der Waals surface area contributed by atoms with Gasteiger partial charge in [-0.25, -0.2) is 0 Å². The number of hydrogen-bond acceptors (Lipinski definition) is 4. The van der Waals surface area contributed by atoms with Gasteiger partial charge in [-0.15, -0.1) is 0 Å². The summed E-state index contributed by atoms with van der Waals surface area (Å²) in [4.78, 5) is 0. The van der Waals surface area contributed by atoms with Crippen LogP contribution in [0.5, 0.6) is 0 Å². The molecule has 18 heavy (non-hydrogen) atoms. The van der Waals surface area contributed by atoms with E-state index in [-0.39, 0.29) is 11.1 Å². The lowest BCUT2D eigenvalue weighted by Gasteiger charge is -2.37. The van der Waals surface area contributed by atoms with Crippen molar-refractivity contribution in [3.05, 3.63) is 0 Å². The van der Waals surface area contributed by atoms with Crippen LogP contribution in [0.2, 0.25) is 18.1 Å². The second-order valence-corrected chi connectivity index (χ2v) is 11.8. The van der Waals surface area contributed by atoms with E-state index in [2.05, 4.69) is 33.9 Å². The van der Waals surface area contributed by atoms with Crippen molar-refractivity contribution in [2.45, 2.75) is 70.7 Å². The molecule has 5 heteroatoms. The van der Waals surface area contributed by atoms with E-state index in [9.17, 15) is 5.11 Å². The molecule has 1 heterocycles. The van der Waals surface area contributed by atoms with Crippen LogP contribution in [0.25, 0.3) is 0 Å². The van der Waals surface area contributed by atoms with Crippen LogP contribution < -0.4 is 0 Å². The third-order valence-corrected chi connectivity index (χ3v) is 8.38. The molecular formula is C13H28O4Si. The van der Waals surface area contributed by atoms with Gasteiger partial charge in [0.2, 0.25) is 0 Å². The Morgan fingerprint density at radius 1 is 1.39 bits per heavy atom. The first kappa shape index (κ1) is 16.1. The molecule has 1 saturated heterocycles. The van der Waals surface area contributed by atoms with Crippen LogP contribution >= 0.6 is 0 Å². The van der Waals surface area contributed by atoms with Crippen molar-refractivity contribution in [3.63, 3.8) is 0 Å². The van der Waals surface area contributed by atoms with Crippen molar-refractivity contribution < 1.29 is 19.0 Å². The lowest BCUT2D eigenvalue weighted by Crippen LogP contribution is -2.45. The topological polar surface area (TPSA) is 47.9 Å². The van der Waals surface area contributed by atoms with Crippen LogP contribution in [0, 0.1) is 0 Å². The van der Waals surface area contributed by atoms with Crippen molar-refractivity contribution in [1.82, 2.24) is 0 Å². The maximum Gasteiger partial charge on any atom is 0.192 e. The summed E-state index contributed by atoms with van der Waals surface area (Å²) < 4.78 is 17.1. The molecule has 0 aromatic rings. The van der Waals surface area contributed by atoms with Gasteiger partial charge in [0.25, 0.3) is 0 Å². The average Bonchev–Trinajstić information content (AvgIpc) is 2.53. The van der Waals surface area contributed by atoms with E-state index in [0.717, 1.165) is 0 Å². The Kier molecular flexibility index (Phi) is 4.66. The average molecular weight is 276 g/mol. The molecule has 1 N–H and O–H groups in total. The molecule has 0 unspecified atom stereocenters. The second-order valence-electron chi connectivity index (χ2n) is 7.01. The minimum atomic E-state index is -1.81. The van der Waals surface area contributed by atoms with E-state index in [1.165, 1.54) is 0 Å². The van der Waals surface area contributed by atoms with Crippen molar-refractivity contribution in [1.29, 1.82) is 0 Å². The molecule has 0 radical (unpaired) electrons. The van der Waals surface area contributed by atoms with E-state index in [1.807, 2.05) is 13.8 Å². The molecule has 0 saturated carbocycles. The summed E-state index contributed by atoms with van der Waals surface area (Å²) in [6.07, 6.45) is -0.911. The Balaban J connectivity index is 2.45. The normalized spacial score (nSPS) is 26.3. The minimum absolute atomic E-state index is 0.152. The summed E-state index contributed by atoms with van der Waals surface area (Å²) in [5.74, 6) is -0.595. The first-order valence-electron chi connectivity index (χ1n) is 6.58. The lowest BCUT2D eigenvalue weighted by atomic mass is 10.2. The molecule has 0 aromatic carbocycles. The maximum absolute atomic E-state index is 10.1. The molecule has 0 amide bonds. The molecule has 0 bridgehead atoms. The Hall–Kier alpha value is 0.0569. The van der Waals surface area contributed by atoms with Gasteiger partial charge in [0.1, 0.15) is 12.2 Å². The van der Waals surface area contributed by atoms with E-state index in [1.54, 1.807) is 0 Å². The van der Waals surface area contributed by atoms with Crippen LogP contribution in [-0.2, 0) is 13.9 Å². The van der Waals surface area contributed by atoms with Gasteiger partial charge >= 0.3 is 0 Å². The Morgan fingerprint density at radius 2 is 1.94 bits per heavy atom. The molecule has 0 aromatic heterocycles. The molecule has 1 fully saturated rings. The number of aliphatic hydroxyl groups is 1. The van der Waals surface area contributed by atoms with Crippen LogP contribution in [0.3, 0.4) is 0 Å². The highest BCUT2D eigenvalue weighted by molar-refractivity contribution is 6.74. The van der Waals surface area contributed by atoms with Gasteiger partial charge < -0.3 is 19.0 Å². The summed E-state index contributed by atoms with van der Waals surface area (Å²) in [7, 11) is -1.81. The largest absolute Gasteiger partial charge is 0.414 e. The van der Waals surface area contributed by atoms with Crippen molar-refractivity contribution in [2.75, 3.05) is 13.2 Å². The fourth-order valence-corrected chi connectivity index (χ4v) is 2.54. The van der Waals surface area contributed by atoms with E-state index >= 15 is 0 Å². The molecule has 0 aliphatic carbocycles. The highest BCUT2D eigenvalue weighted by atomic mass is 28.4. The first-order valence-corrected chi connectivity index (χ1v) is 9.49. The molecule has 1 aliphatic heterocycles. The SMILES string of the molecule is CC1(C)OC[C@@H]([C@H](O)CO[Si](C)(C)C(C)(C)C)O1. The standard InChI is InChI=1S/C13H28O4Si/c1-12(2,3)18(6,7)16-8-10(14)11-9-15-13(4,5)17-11/h10-11,14H,8-9H2,1-7H3/t10-,11+/m1/s1. The summed E-state index contributed by atoms with van der Waals surface area (Å²) in [5.41, 5.74) is 0. The van der Waals surface area contributed by atoms with E-state index in [4.69, 9.17) is 13.9 Å². The first-order chi connectivity index (χ1) is 7.95. The Labute approximate surface area is 112 Å². The molecular weight excluding hydrogens is 248 g/mol. The highest BCUT2D eigenvalue weighted by Gasteiger charge is 2.40. The predicted molar refractivity (Wildman–Crippen MR) is 74.1 cm³/mol. The van der Waals surface area contributed by atoms with E-state index < -0.39 is 20.2 Å². The fraction of sp³-hybridized carbons (Fsp3) is 1.00. The summed E-state index contributed by atoms with van der Waals surface area (Å²) in [5, 5.41) is 10.3. The van der Waals surface area contributed by atoms with Crippen LogP contribution in [0.1, 0.15) is 34.6 Å². The van der Waals surface area contributed by atoms with Gasteiger partial charge in [-0.05, 0) is 32.0 Å². The summed E-state index contributed by atoms with van der Waals surface area (Å²) in [6.45, 7) is 15.4. The summed E-state index contributed by atoms with van der Waals surface area (Å²) in [6, 6.07) is 0. The quantitative estimate of drug-likeness (QED) is 0.802. The fourth-order valence-electron chi connectivity index (χ4n) is 1.52. The number of rotatable bonds is 4. The van der Waals surface area contributed by atoms with Crippen molar-refractivity contribution in [3.8, 4) is 0 Å². The second kappa shape index (κ2) is 5.21. The van der Waals surface area contributed by atoms with Gasteiger partial charge in [-0.3, -0.25) is 0 Å². The number of hydrogen-bond donors (Lipinski definition) is 1. The monoisotopic (exact) mass is 276 g/mol. The van der Waals surface area contributed by atoms with Gasteiger partial charge in [-0.1, -0.05) is 20.8 Å². The molecule has 108 valence electrons. The zero-order valence-corrected chi connectivity index (χ0v) is 13.7. The highest BCUT2D eigenvalue weighted by Crippen LogP contribution is 2.36. The molecule has 1 aliphatic rings. The van der Waals surface area contributed by atoms with Crippen LogP contribution in [0.4, 0.5) is 0 Å². The van der Waals surface area contributed by atoms with Crippen molar-refractivity contribution in [2.24, 2.45) is 0 Å². The van der Waals surface area contributed by atoms with E-state index in [0.29, 0.717) is 13.2 Å². The zero-order chi connectivity index (χ0) is 14.2. The van der Waals surface area contributed by atoms with Gasteiger partial charge in [0, 0.05) is 0 Å². The van der Waals surface area contributed by atoms with Crippen LogP contribution in [-0.4, -0.2) is 44.6 Å². The van der Waals surface area contributed by atoms with Crippen LogP contribution in [0.15, 0.2) is 0 Å². The molecule has 1 rings (SSSR count). The maximum atomic E-state index is 10.1. The third kappa shape index (κ3) is 4.03. The number of ether oxygens (including phenoxy) is 2. The van der Waals surface area contributed by atoms with Crippen molar-refractivity contribution >= 4 is 8.32 Å². The lowest BCUT2D eigenvalue weighted by molar-refractivity contribution is -0.153. The smallest absolute Gasteiger partial charge is 0.192 e. The zero-order valence-electron chi connectivity index (χ0n) is 12.7. The number of aliphatic hydroxyl groups excluding tert-OH is 1. The Morgan fingerprint density at radius 3 is 2.33 bits per heavy atom.